The molecule has 0 spiro atoms. The maximum atomic E-state index is 6.12. The summed E-state index contributed by atoms with van der Waals surface area (Å²) in [4.78, 5) is 2.59. The lowest BCUT2D eigenvalue weighted by Crippen LogP contribution is -2.52. The zero-order chi connectivity index (χ0) is 14.8. The van der Waals surface area contributed by atoms with Gasteiger partial charge in [-0.1, -0.05) is 37.6 Å². The Balaban J connectivity index is 2.07. The van der Waals surface area contributed by atoms with Crippen molar-refractivity contribution in [1.82, 2.24) is 4.90 Å². The normalized spacial score (nSPS) is 23.2. The van der Waals surface area contributed by atoms with Crippen molar-refractivity contribution in [1.29, 1.82) is 0 Å². The number of benzene rings is 1. The second kappa shape index (κ2) is 6.46. The molecule has 1 aliphatic heterocycles. The highest BCUT2D eigenvalue weighted by molar-refractivity contribution is 6.30. The van der Waals surface area contributed by atoms with Crippen molar-refractivity contribution >= 4 is 11.6 Å². The summed E-state index contributed by atoms with van der Waals surface area (Å²) in [6, 6.07) is 8.17. The van der Waals surface area contributed by atoms with Crippen molar-refractivity contribution in [3.05, 3.63) is 34.9 Å². The van der Waals surface area contributed by atoms with Gasteiger partial charge >= 0.3 is 0 Å². The number of hydrogen-bond acceptors (Lipinski definition) is 2. The van der Waals surface area contributed by atoms with Gasteiger partial charge in [-0.15, -0.1) is 0 Å². The number of nitrogens with two attached hydrogens (primary N) is 1. The fourth-order valence-corrected chi connectivity index (χ4v) is 3.30. The first-order valence-corrected chi connectivity index (χ1v) is 8.02. The van der Waals surface area contributed by atoms with Gasteiger partial charge in [0.25, 0.3) is 0 Å². The summed E-state index contributed by atoms with van der Waals surface area (Å²) in [6.07, 6.45) is 2.29. The van der Waals surface area contributed by atoms with Gasteiger partial charge in [0.1, 0.15) is 0 Å². The summed E-state index contributed by atoms with van der Waals surface area (Å²) in [7, 11) is 0. The molecule has 3 heteroatoms. The predicted octanol–water partition coefficient (Wildman–Crippen LogP) is 3.58. The molecule has 2 rings (SSSR count). The van der Waals surface area contributed by atoms with Gasteiger partial charge < -0.3 is 5.73 Å². The molecule has 2 atom stereocenters. The van der Waals surface area contributed by atoms with E-state index in [4.69, 9.17) is 17.3 Å². The van der Waals surface area contributed by atoms with Crippen LogP contribution in [0, 0.1) is 11.8 Å². The smallest absolute Gasteiger partial charge is 0.0406 e. The largest absolute Gasteiger partial charge is 0.329 e. The quantitative estimate of drug-likeness (QED) is 0.899. The highest BCUT2D eigenvalue weighted by atomic mass is 35.5. The number of hydrogen-bond donors (Lipinski definition) is 1. The fourth-order valence-electron chi connectivity index (χ4n) is 3.18. The van der Waals surface area contributed by atoms with E-state index in [1.165, 1.54) is 25.1 Å². The van der Waals surface area contributed by atoms with Gasteiger partial charge in [-0.25, -0.2) is 0 Å². The van der Waals surface area contributed by atoms with E-state index in [-0.39, 0.29) is 5.54 Å². The Morgan fingerprint density at radius 1 is 1.35 bits per heavy atom. The van der Waals surface area contributed by atoms with E-state index in [0.29, 0.717) is 6.54 Å². The standard InChI is InChI=1S/C17H27ClN2/c1-13(2)15-8-9-20(11-15)17(3,12-19)10-14-4-6-16(18)7-5-14/h4-7,13,15H,8-12,19H2,1-3H3. The molecule has 2 nitrogen and oxygen atoms in total. The van der Waals surface area contributed by atoms with Crippen LogP contribution in [0.2, 0.25) is 5.02 Å². The molecule has 0 aromatic heterocycles. The monoisotopic (exact) mass is 294 g/mol. The minimum Gasteiger partial charge on any atom is -0.329 e. The second-order valence-corrected chi connectivity index (χ2v) is 7.18. The average Bonchev–Trinajstić information content (AvgIpc) is 2.92. The van der Waals surface area contributed by atoms with Crippen LogP contribution in [0.4, 0.5) is 0 Å². The minimum absolute atomic E-state index is 0.0530. The van der Waals surface area contributed by atoms with Gasteiger partial charge in [0.15, 0.2) is 0 Å². The van der Waals surface area contributed by atoms with Crippen LogP contribution in [0.3, 0.4) is 0 Å². The van der Waals surface area contributed by atoms with Crippen molar-refractivity contribution in [2.75, 3.05) is 19.6 Å². The van der Waals surface area contributed by atoms with Crippen molar-refractivity contribution in [3.8, 4) is 0 Å². The second-order valence-electron chi connectivity index (χ2n) is 6.74. The molecule has 2 N–H and O–H groups in total. The van der Waals surface area contributed by atoms with Gasteiger partial charge in [0, 0.05) is 23.7 Å². The summed E-state index contributed by atoms with van der Waals surface area (Å²) in [6.45, 7) is 9.99. The molecule has 1 heterocycles. The van der Waals surface area contributed by atoms with Crippen molar-refractivity contribution in [3.63, 3.8) is 0 Å². The molecule has 0 saturated carbocycles. The minimum atomic E-state index is 0.0530. The van der Waals surface area contributed by atoms with E-state index in [9.17, 15) is 0 Å². The van der Waals surface area contributed by atoms with Gasteiger partial charge in [0.2, 0.25) is 0 Å². The van der Waals surface area contributed by atoms with Crippen LogP contribution in [0.1, 0.15) is 32.8 Å². The Morgan fingerprint density at radius 2 is 2.00 bits per heavy atom. The zero-order valence-electron chi connectivity index (χ0n) is 12.9. The molecular weight excluding hydrogens is 268 g/mol. The Morgan fingerprint density at radius 3 is 2.50 bits per heavy atom. The number of rotatable bonds is 5. The van der Waals surface area contributed by atoms with E-state index in [1.54, 1.807) is 0 Å². The first-order valence-electron chi connectivity index (χ1n) is 7.64. The third kappa shape index (κ3) is 3.55. The Bertz CT molecular complexity index is 429. The molecule has 1 aromatic rings. The van der Waals surface area contributed by atoms with E-state index >= 15 is 0 Å². The van der Waals surface area contributed by atoms with E-state index in [0.717, 1.165) is 23.3 Å². The molecule has 20 heavy (non-hydrogen) atoms. The average molecular weight is 295 g/mol. The lowest BCUT2D eigenvalue weighted by atomic mass is 9.90. The van der Waals surface area contributed by atoms with E-state index < -0.39 is 0 Å². The topological polar surface area (TPSA) is 29.3 Å². The van der Waals surface area contributed by atoms with Crippen molar-refractivity contribution < 1.29 is 0 Å². The summed E-state index contributed by atoms with van der Waals surface area (Å²) in [5.41, 5.74) is 7.49. The fraction of sp³-hybridized carbons (Fsp3) is 0.647. The maximum absolute atomic E-state index is 6.12. The van der Waals surface area contributed by atoms with Crippen molar-refractivity contribution in [2.45, 2.75) is 39.2 Å². The predicted molar refractivity (Wildman–Crippen MR) is 87.1 cm³/mol. The highest BCUT2D eigenvalue weighted by Gasteiger charge is 2.36. The molecule has 0 radical (unpaired) electrons. The molecule has 0 amide bonds. The number of nitrogens with zero attached hydrogens (tertiary/aromatic N) is 1. The summed E-state index contributed by atoms with van der Waals surface area (Å²) in [5.74, 6) is 1.57. The van der Waals surface area contributed by atoms with Gasteiger partial charge in [0.05, 0.1) is 0 Å². The lowest BCUT2D eigenvalue weighted by molar-refractivity contribution is 0.133. The van der Waals surface area contributed by atoms with Gasteiger partial charge in [-0.3, -0.25) is 4.90 Å². The zero-order valence-corrected chi connectivity index (χ0v) is 13.7. The van der Waals surface area contributed by atoms with E-state index in [1.807, 2.05) is 12.1 Å². The summed E-state index contributed by atoms with van der Waals surface area (Å²) >= 11 is 5.96. The lowest BCUT2D eigenvalue weighted by Gasteiger charge is -2.38. The van der Waals surface area contributed by atoms with Gasteiger partial charge in [-0.05, 0) is 55.8 Å². The molecule has 1 fully saturated rings. The molecule has 1 saturated heterocycles. The highest BCUT2D eigenvalue weighted by Crippen LogP contribution is 2.31. The summed E-state index contributed by atoms with van der Waals surface area (Å²) < 4.78 is 0. The Kier molecular flexibility index (Phi) is 5.11. The Hall–Kier alpha value is -0.570. The van der Waals surface area contributed by atoms with Crippen LogP contribution in [-0.4, -0.2) is 30.1 Å². The molecule has 1 aromatic carbocycles. The van der Waals surface area contributed by atoms with Crippen molar-refractivity contribution in [2.24, 2.45) is 17.6 Å². The third-order valence-corrected chi connectivity index (χ3v) is 5.12. The first kappa shape index (κ1) is 15.8. The number of halogens is 1. The molecule has 0 aliphatic carbocycles. The summed E-state index contributed by atoms with van der Waals surface area (Å²) in [5, 5.41) is 0.796. The van der Waals surface area contributed by atoms with Crippen LogP contribution in [0.15, 0.2) is 24.3 Å². The van der Waals surface area contributed by atoms with Crippen LogP contribution in [-0.2, 0) is 6.42 Å². The van der Waals surface area contributed by atoms with Crippen LogP contribution < -0.4 is 5.73 Å². The third-order valence-electron chi connectivity index (χ3n) is 4.87. The number of likely N-dealkylation sites (tertiary alicyclic amines) is 1. The Labute approximate surface area is 128 Å². The molecule has 2 unspecified atom stereocenters. The molecule has 1 aliphatic rings. The molecular formula is C17H27ClN2. The van der Waals surface area contributed by atoms with Gasteiger partial charge in [-0.2, -0.15) is 0 Å². The molecule has 0 bridgehead atoms. The maximum Gasteiger partial charge on any atom is 0.0406 e. The SMILES string of the molecule is CC(C)C1CCN(C(C)(CN)Cc2ccc(Cl)cc2)C1. The van der Waals surface area contributed by atoms with Crippen LogP contribution in [0.5, 0.6) is 0 Å². The van der Waals surface area contributed by atoms with Crippen LogP contribution >= 0.6 is 11.6 Å². The molecule has 112 valence electrons. The first-order chi connectivity index (χ1) is 9.44. The van der Waals surface area contributed by atoms with Crippen LogP contribution in [0.25, 0.3) is 0 Å². The van der Waals surface area contributed by atoms with E-state index in [2.05, 4.69) is 37.8 Å².